The van der Waals surface area contributed by atoms with Gasteiger partial charge in [0.25, 0.3) is 15.9 Å². The lowest BCUT2D eigenvalue weighted by molar-refractivity contribution is 0.0950. The van der Waals surface area contributed by atoms with Gasteiger partial charge in [-0.2, -0.15) is 0 Å². The molecule has 1 aliphatic heterocycles. The Morgan fingerprint density at radius 1 is 0.970 bits per heavy atom. The summed E-state index contributed by atoms with van der Waals surface area (Å²) in [6.45, 7) is 0.982. The van der Waals surface area contributed by atoms with E-state index in [1.165, 1.54) is 24.3 Å². The van der Waals surface area contributed by atoms with Gasteiger partial charge in [0, 0.05) is 23.5 Å². The fraction of sp³-hybridized carbons (Fsp3) is 0.136. The zero-order chi connectivity index (χ0) is 22.8. The van der Waals surface area contributed by atoms with E-state index in [0.717, 1.165) is 0 Å². The fourth-order valence-corrected chi connectivity index (χ4v) is 4.44. The molecule has 0 saturated carbocycles. The summed E-state index contributed by atoms with van der Waals surface area (Å²) in [5, 5.41) is 10.9. The third kappa shape index (κ3) is 4.30. The predicted molar refractivity (Wildman–Crippen MR) is 119 cm³/mol. The summed E-state index contributed by atoms with van der Waals surface area (Å²) in [7, 11) is -3.84. The van der Waals surface area contributed by atoms with E-state index in [1.54, 1.807) is 22.6 Å². The maximum Gasteiger partial charge on any atom is 0.262 e. The normalized spacial score (nSPS) is 13.0. The first-order valence-corrected chi connectivity index (χ1v) is 11.6. The van der Waals surface area contributed by atoms with Crippen LogP contribution in [0.25, 0.3) is 5.65 Å². The first-order chi connectivity index (χ1) is 16.0. The van der Waals surface area contributed by atoms with Gasteiger partial charge < -0.3 is 14.8 Å². The molecule has 33 heavy (non-hydrogen) atoms. The molecule has 4 aromatic rings. The maximum atomic E-state index is 12.7. The summed E-state index contributed by atoms with van der Waals surface area (Å²) in [5.74, 6) is 1.18. The largest absolute Gasteiger partial charge is 0.486 e. The van der Waals surface area contributed by atoms with E-state index in [4.69, 9.17) is 9.47 Å². The van der Waals surface area contributed by atoms with Crippen molar-refractivity contribution in [3.63, 3.8) is 0 Å². The monoisotopic (exact) mass is 465 g/mol. The first kappa shape index (κ1) is 20.8. The van der Waals surface area contributed by atoms with Crippen molar-refractivity contribution in [3.05, 3.63) is 78.2 Å². The highest BCUT2D eigenvalue weighted by molar-refractivity contribution is 7.92. The number of carbonyl (C=O) groups excluding carboxylic acids is 1. The standard InChI is InChI=1S/C22H19N5O5S/c28-22(23-14-21-25-24-20-3-1-2-10-27(20)21)15-4-6-16(7-5-15)26-33(29,30)17-8-9-18-19(13-17)32-12-11-31-18/h1-10,13,26H,11-12,14H2,(H,23,28). The Morgan fingerprint density at radius 2 is 1.76 bits per heavy atom. The van der Waals surface area contributed by atoms with Crippen molar-refractivity contribution in [1.29, 1.82) is 0 Å². The molecule has 3 heterocycles. The third-order valence-corrected chi connectivity index (χ3v) is 6.39. The lowest BCUT2D eigenvalue weighted by Gasteiger charge is -2.19. The van der Waals surface area contributed by atoms with Crippen molar-refractivity contribution in [1.82, 2.24) is 19.9 Å². The van der Waals surface area contributed by atoms with Gasteiger partial charge in [0.1, 0.15) is 13.2 Å². The van der Waals surface area contributed by atoms with Gasteiger partial charge in [0.15, 0.2) is 23.0 Å². The van der Waals surface area contributed by atoms with Gasteiger partial charge in [0.2, 0.25) is 0 Å². The van der Waals surface area contributed by atoms with Gasteiger partial charge in [-0.15, -0.1) is 10.2 Å². The van der Waals surface area contributed by atoms with Crippen molar-refractivity contribution in [3.8, 4) is 11.5 Å². The van der Waals surface area contributed by atoms with Gasteiger partial charge in [-0.25, -0.2) is 8.42 Å². The number of carbonyl (C=O) groups is 1. The molecule has 2 aromatic heterocycles. The van der Waals surface area contributed by atoms with Crippen molar-refractivity contribution < 1.29 is 22.7 Å². The van der Waals surface area contributed by atoms with E-state index >= 15 is 0 Å². The van der Waals surface area contributed by atoms with Crippen molar-refractivity contribution in [2.45, 2.75) is 11.4 Å². The molecule has 5 rings (SSSR count). The first-order valence-electron chi connectivity index (χ1n) is 10.1. The molecule has 2 N–H and O–H groups in total. The van der Waals surface area contributed by atoms with Gasteiger partial charge in [0.05, 0.1) is 11.4 Å². The minimum absolute atomic E-state index is 0.0501. The van der Waals surface area contributed by atoms with Crippen molar-refractivity contribution in [2.24, 2.45) is 0 Å². The average molecular weight is 465 g/mol. The number of nitrogens with one attached hydrogen (secondary N) is 2. The molecular weight excluding hydrogens is 446 g/mol. The molecule has 0 atom stereocenters. The van der Waals surface area contributed by atoms with E-state index in [2.05, 4.69) is 20.2 Å². The lowest BCUT2D eigenvalue weighted by Crippen LogP contribution is -2.24. The molecule has 0 bridgehead atoms. The number of pyridine rings is 1. The fourth-order valence-electron chi connectivity index (χ4n) is 3.37. The van der Waals surface area contributed by atoms with Crippen LogP contribution in [0.2, 0.25) is 0 Å². The van der Waals surface area contributed by atoms with Gasteiger partial charge in [-0.3, -0.25) is 13.9 Å². The van der Waals surface area contributed by atoms with Crippen LogP contribution in [0, 0.1) is 0 Å². The van der Waals surface area contributed by atoms with E-state index in [1.807, 2.05) is 24.4 Å². The summed E-state index contributed by atoms with van der Waals surface area (Å²) in [6.07, 6.45) is 1.82. The van der Waals surface area contributed by atoms with Gasteiger partial charge >= 0.3 is 0 Å². The number of hydrogen-bond donors (Lipinski definition) is 2. The highest BCUT2D eigenvalue weighted by Gasteiger charge is 2.20. The van der Waals surface area contributed by atoms with E-state index in [-0.39, 0.29) is 17.3 Å². The smallest absolute Gasteiger partial charge is 0.262 e. The van der Waals surface area contributed by atoms with Crippen LogP contribution < -0.4 is 19.5 Å². The summed E-state index contributed by atoms with van der Waals surface area (Å²) < 4.78 is 40.7. The number of fused-ring (bicyclic) bond motifs is 2. The minimum Gasteiger partial charge on any atom is -0.486 e. The molecular formula is C22H19N5O5S. The third-order valence-electron chi connectivity index (χ3n) is 5.01. The molecule has 1 aliphatic rings. The molecule has 0 radical (unpaired) electrons. The van der Waals surface area contributed by atoms with E-state index in [9.17, 15) is 13.2 Å². The molecule has 11 heteroatoms. The number of ether oxygens (including phenoxy) is 2. The SMILES string of the molecule is O=C(NCc1nnc2ccccn12)c1ccc(NS(=O)(=O)c2ccc3c(c2)OCCO3)cc1. The molecule has 2 aromatic carbocycles. The topological polar surface area (TPSA) is 124 Å². The van der Waals surface area contributed by atoms with Crippen LogP contribution in [0.4, 0.5) is 5.69 Å². The zero-order valence-electron chi connectivity index (χ0n) is 17.3. The second kappa shape index (κ2) is 8.43. The maximum absolute atomic E-state index is 12.7. The van der Waals surface area contributed by atoms with Crippen LogP contribution in [0.1, 0.15) is 16.2 Å². The predicted octanol–water partition coefficient (Wildman–Crippen LogP) is 2.23. The van der Waals surface area contributed by atoms with Crippen molar-refractivity contribution >= 4 is 27.3 Å². The molecule has 10 nitrogen and oxygen atoms in total. The second-order valence-corrected chi connectivity index (χ2v) is 8.90. The Balaban J connectivity index is 1.25. The van der Waals surface area contributed by atoms with Crippen LogP contribution in [0.5, 0.6) is 11.5 Å². The van der Waals surface area contributed by atoms with Gasteiger partial charge in [-0.1, -0.05) is 6.07 Å². The molecule has 168 valence electrons. The Morgan fingerprint density at radius 3 is 2.58 bits per heavy atom. The van der Waals surface area contributed by atoms with Crippen LogP contribution in [0.15, 0.2) is 71.8 Å². The van der Waals surface area contributed by atoms with Crippen LogP contribution in [-0.2, 0) is 16.6 Å². The summed E-state index contributed by atoms with van der Waals surface area (Å²) in [5.41, 5.74) is 1.40. The molecule has 0 fully saturated rings. The zero-order valence-corrected chi connectivity index (χ0v) is 18.1. The minimum atomic E-state index is -3.84. The number of amides is 1. The highest BCUT2D eigenvalue weighted by Crippen LogP contribution is 2.32. The summed E-state index contributed by atoms with van der Waals surface area (Å²) in [4.78, 5) is 12.5. The number of rotatable bonds is 6. The van der Waals surface area contributed by atoms with Crippen LogP contribution in [-0.4, -0.2) is 42.1 Å². The summed E-state index contributed by atoms with van der Waals surface area (Å²) >= 11 is 0. The van der Waals surface area contributed by atoms with Crippen LogP contribution >= 0.6 is 0 Å². The molecule has 0 aliphatic carbocycles. The number of aromatic nitrogens is 3. The average Bonchev–Trinajstić information content (AvgIpc) is 3.25. The number of sulfonamides is 1. The van der Waals surface area contributed by atoms with E-state index in [0.29, 0.717) is 47.4 Å². The molecule has 0 unspecified atom stereocenters. The Labute approximate surface area is 189 Å². The van der Waals surface area contributed by atoms with Crippen LogP contribution in [0.3, 0.4) is 0 Å². The number of nitrogens with zero attached hydrogens (tertiary/aromatic N) is 3. The summed E-state index contributed by atoms with van der Waals surface area (Å²) in [6, 6.07) is 16.1. The highest BCUT2D eigenvalue weighted by atomic mass is 32.2. The molecule has 0 saturated heterocycles. The Kier molecular flexibility index (Phi) is 5.31. The van der Waals surface area contributed by atoms with Crippen molar-refractivity contribution in [2.75, 3.05) is 17.9 Å². The van der Waals surface area contributed by atoms with E-state index < -0.39 is 10.0 Å². The molecule has 1 amide bonds. The molecule has 0 spiro atoms. The lowest BCUT2D eigenvalue weighted by atomic mass is 10.2. The van der Waals surface area contributed by atoms with Gasteiger partial charge in [-0.05, 0) is 48.5 Å². The Hall–Kier alpha value is -4.12. The number of benzene rings is 2. The quantitative estimate of drug-likeness (QED) is 0.447. The number of hydrogen-bond acceptors (Lipinski definition) is 7. The second-order valence-electron chi connectivity index (χ2n) is 7.22. The number of anilines is 1. The Bertz CT molecular complexity index is 1430.